The number of rotatable bonds is 6. The van der Waals surface area contributed by atoms with Crippen molar-refractivity contribution in [1.82, 2.24) is 4.90 Å². The summed E-state index contributed by atoms with van der Waals surface area (Å²) in [5.74, 6) is 1.40. The van der Waals surface area contributed by atoms with E-state index in [0.29, 0.717) is 18.5 Å². The van der Waals surface area contributed by atoms with E-state index < -0.39 is 0 Å². The molecule has 18 heavy (non-hydrogen) atoms. The van der Waals surface area contributed by atoms with Crippen LogP contribution < -0.4 is 5.73 Å². The molecule has 0 heterocycles. The molecule has 0 saturated heterocycles. The Bertz CT molecular complexity index is 237. The van der Waals surface area contributed by atoms with E-state index in [1.807, 2.05) is 0 Å². The highest BCUT2D eigenvalue weighted by molar-refractivity contribution is 4.96. The lowest BCUT2D eigenvalue weighted by Gasteiger charge is -2.49. The summed E-state index contributed by atoms with van der Waals surface area (Å²) in [6, 6.07) is 0.669. The molecule has 3 heteroatoms. The third-order valence-corrected chi connectivity index (χ3v) is 5.06. The summed E-state index contributed by atoms with van der Waals surface area (Å²) in [6.07, 6.45) is 5.30. The first-order valence-corrected chi connectivity index (χ1v) is 7.40. The van der Waals surface area contributed by atoms with Crippen molar-refractivity contribution >= 4 is 0 Å². The molecule has 0 aromatic carbocycles. The molecule has 2 N–H and O–H groups in total. The minimum absolute atomic E-state index is 0.0139. The largest absolute Gasteiger partial charge is 0.383 e. The third kappa shape index (κ3) is 3.25. The van der Waals surface area contributed by atoms with Crippen molar-refractivity contribution in [2.45, 2.75) is 58.0 Å². The van der Waals surface area contributed by atoms with E-state index in [4.69, 9.17) is 10.5 Å². The third-order valence-electron chi connectivity index (χ3n) is 5.06. The van der Waals surface area contributed by atoms with Gasteiger partial charge in [-0.05, 0) is 44.6 Å². The van der Waals surface area contributed by atoms with E-state index >= 15 is 0 Å². The van der Waals surface area contributed by atoms with Crippen LogP contribution in [-0.2, 0) is 4.74 Å². The molecule has 108 valence electrons. The summed E-state index contributed by atoms with van der Waals surface area (Å²) in [5.41, 5.74) is 6.09. The molecule has 1 saturated carbocycles. The summed E-state index contributed by atoms with van der Waals surface area (Å²) in [6.45, 7) is 8.27. The predicted molar refractivity (Wildman–Crippen MR) is 77.7 cm³/mol. The van der Waals surface area contributed by atoms with Gasteiger partial charge in [0.25, 0.3) is 0 Å². The van der Waals surface area contributed by atoms with Gasteiger partial charge in [0, 0.05) is 19.7 Å². The van der Waals surface area contributed by atoms with Gasteiger partial charge in [0.2, 0.25) is 0 Å². The van der Waals surface area contributed by atoms with Crippen LogP contribution in [0.25, 0.3) is 0 Å². The Balaban J connectivity index is 2.78. The van der Waals surface area contributed by atoms with Gasteiger partial charge >= 0.3 is 0 Å². The van der Waals surface area contributed by atoms with Crippen LogP contribution >= 0.6 is 0 Å². The van der Waals surface area contributed by atoms with E-state index in [1.54, 1.807) is 7.11 Å². The second-order valence-electron chi connectivity index (χ2n) is 6.42. The fraction of sp³-hybridized carbons (Fsp3) is 1.00. The van der Waals surface area contributed by atoms with Gasteiger partial charge < -0.3 is 10.5 Å². The van der Waals surface area contributed by atoms with Crippen molar-refractivity contribution in [2.24, 2.45) is 17.6 Å². The standard InChI is InChI=1S/C15H32N2O/c1-12(2)15(10-16,11-18-5)17(4)14-8-6-13(3)7-9-14/h12-14H,6-11,16H2,1-5H3. The molecular weight excluding hydrogens is 224 g/mol. The maximum Gasteiger partial charge on any atom is 0.0661 e. The first-order chi connectivity index (χ1) is 8.47. The van der Waals surface area contributed by atoms with Crippen LogP contribution in [0.15, 0.2) is 0 Å². The summed E-state index contributed by atoms with van der Waals surface area (Å²) >= 11 is 0. The van der Waals surface area contributed by atoms with Gasteiger partial charge in [-0.3, -0.25) is 4.90 Å². The molecule has 3 nitrogen and oxygen atoms in total. The van der Waals surface area contributed by atoms with Crippen molar-refractivity contribution in [3.05, 3.63) is 0 Å². The topological polar surface area (TPSA) is 38.5 Å². The number of hydrogen-bond acceptors (Lipinski definition) is 3. The van der Waals surface area contributed by atoms with Crippen molar-refractivity contribution in [3.8, 4) is 0 Å². The average Bonchev–Trinajstić information content (AvgIpc) is 2.35. The molecule has 0 bridgehead atoms. The summed E-state index contributed by atoms with van der Waals surface area (Å²) in [4.78, 5) is 2.52. The second kappa shape index (κ2) is 6.88. The number of hydrogen-bond donors (Lipinski definition) is 1. The normalized spacial score (nSPS) is 28.7. The van der Waals surface area contributed by atoms with Crippen LogP contribution in [0.5, 0.6) is 0 Å². The van der Waals surface area contributed by atoms with Crippen LogP contribution in [0.4, 0.5) is 0 Å². The molecule has 1 aliphatic carbocycles. The lowest BCUT2D eigenvalue weighted by Crippen LogP contribution is -2.62. The SMILES string of the molecule is COCC(CN)(C(C)C)N(C)C1CCC(C)CC1. The molecule has 0 spiro atoms. The molecule has 0 aromatic rings. The molecule has 1 atom stereocenters. The Labute approximate surface area is 113 Å². The van der Waals surface area contributed by atoms with E-state index in [1.165, 1.54) is 25.7 Å². The number of nitrogens with two attached hydrogens (primary N) is 1. The predicted octanol–water partition coefficient (Wildman–Crippen LogP) is 2.50. The Morgan fingerprint density at radius 3 is 2.22 bits per heavy atom. The zero-order valence-corrected chi connectivity index (χ0v) is 12.9. The van der Waals surface area contributed by atoms with E-state index in [9.17, 15) is 0 Å². The number of nitrogens with zero attached hydrogens (tertiary/aromatic N) is 1. The monoisotopic (exact) mass is 256 g/mol. The van der Waals surface area contributed by atoms with E-state index in [0.717, 1.165) is 12.5 Å². The smallest absolute Gasteiger partial charge is 0.0661 e. The van der Waals surface area contributed by atoms with Gasteiger partial charge in [-0.2, -0.15) is 0 Å². The highest BCUT2D eigenvalue weighted by atomic mass is 16.5. The van der Waals surface area contributed by atoms with Crippen LogP contribution in [0.1, 0.15) is 46.5 Å². The molecule has 0 amide bonds. The highest BCUT2D eigenvalue weighted by Gasteiger charge is 2.40. The van der Waals surface area contributed by atoms with Crippen LogP contribution in [-0.4, -0.2) is 43.8 Å². The maximum atomic E-state index is 6.11. The number of ether oxygens (including phenoxy) is 1. The average molecular weight is 256 g/mol. The molecule has 1 unspecified atom stereocenters. The van der Waals surface area contributed by atoms with Crippen LogP contribution in [0, 0.1) is 11.8 Å². The van der Waals surface area contributed by atoms with E-state index in [-0.39, 0.29) is 5.54 Å². The van der Waals surface area contributed by atoms with Gasteiger partial charge in [0.05, 0.1) is 12.1 Å². The fourth-order valence-corrected chi connectivity index (χ4v) is 3.36. The minimum atomic E-state index is -0.0139. The second-order valence-corrected chi connectivity index (χ2v) is 6.42. The summed E-state index contributed by atoms with van der Waals surface area (Å²) < 4.78 is 5.47. The Morgan fingerprint density at radius 2 is 1.83 bits per heavy atom. The quantitative estimate of drug-likeness (QED) is 0.793. The molecule has 0 aromatic heterocycles. The Hall–Kier alpha value is -0.120. The van der Waals surface area contributed by atoms with Gasteiger partial charge in [0.15, 0.2) is 0 Å². The minimum Gasteiger partial charge on any atom is -0.383 e. The van der Waals surface area contributed by atoms with Gasteiger partial charge in [0.1, 0.15) is 0 Å². The van der Waals surface area contributed by atoms with Crippen molar-refractivity contribution in [3.63, 3.8) is 0 Å². The van der Waals surface area contributed by atoms with Crippen molar-refractivity contribution in [1.29, 1.82) is 0 Å². The molecule has 1 rings (SSSR count). The Morgan fingerprint density at radius 1 is 1.28 bits per heavy atom. The zero-order chi connectivity index (χ0) is 13.8. The molecular formula is C15H32N2O. The van der Waals surface area contributed by atoms with Gasteiger partial charge in [-0.25, -0.2) is 0 Å². The first kappa shape index (κ1) is 15.9. The lowest BCUT2D eigenvalue weighted by molar-refractivity contribution is -0.0348. The van der Waals surface area contributed by atoms with Gasteiger partial charge in [-0.15, -0.1) is 0 Å². The van der Waals surface area contributed by atoms with Crippen molar-refractivity contribution in [2.75, 3.05) is 27.3 Å². The molecule has 0 aliphatic heterocycles. The number of methoxy groups -OCH3 is 1. The fourth-order valence-electron chi connectivity index (χ4n) is 3.36. The Kier molecular flexibility index (Phi) is 6.09. The summed E-state index contributed by atoms with van der Waals surface area (Å²) in [5, 5.41) is 0. The highest BCUT2D eigenvalue weighted by Crippen LogP contribution is 2.33. The molecule has 1 fully saturated rings. The summed E-state index contributed by atoms with van der Waals surface area (Å²) in [7, 11) is 4.02. The first-order valence-electron chi connectivity index (χ1n) is 7.40. The van der Waals surface area contributed by atoms with Gasteiger partial charge in [-0.1, -0.05) is 20.8 Å². The van der Waals surface area contributed by atoms with Crippen LogP contribution in [0.3, 0.4) is 0 Å². The van der Waals surface area contributed by atoms with Crippen molar-refractivity contribution < 1.29 is 4.74 Å². The zero-order valence-electron chi connectivity index (χ0n) is 12.9. The van der Waals surface area contributed by atoms with Crippen LogP contribution in [0.2, 0.25) is 0 Å². The lowest BCUT2D eigenvalue weighted by atomic mass is 9.80. The maximum absolute atomic E-state index is 6.11. The number of likely N-dealkylation sites (N-methyl/N-ethyl adjacent to an activating group) is 1. The van der Waals surface area contributed by atoms with E-state index in [2.05, 4.69) is 32.7 Å². The molecule has 0 radical (unpaired) electrons. The molecule has 1 aliphatic rings.